The fourth-order valence-electron chi connectivity index (χ4n) is 8.37. The van der Waals surface area contributed by atoms with E-state index in [1.54, 1.807) is 17.2 Å². The lowest BCUT2D eigenvalue weighted by atomic mass is 9.49. The molecule has 0 aromatic carbocycles. The molecule has 0 amide bonds. The second kappa shape index (κ2) is 6.68. The first-order chi connectivity index (χ1) is 13.4. The molecule has 4 saturated carbocycles. The third kappa shape index (κ3) is 2.98. The first-order valence-corrected chi connectivity index (χ1v) is 11.6. The van der Waals surface area contributed by atoms with E-state index in [9.17, 15) is 5.11 Å². The number of hydrogen-bond acceptors (Lipinski definition) is 3. The van der Waals surface area contributed by atoms with Gasteiger partial charge in [-0.05, 0) is 106 Å². The van der Waals surface area contributed by atoms with E-state index in [1.807, 2.05) is 0 Å². The highest BCUT2D eigenvalue weighted by atomic mass is 16.3. The van der Waals surface area contributed by atoms with Crippen molar-refractivity contribution in [2.75, 3.05) is 0 Å². The lowest BCUT2D eigenvalue weighted by Gasteiger charge is -2.57. The van der Waals surface area contributed by atoms with Crippen LogP contribution in [-0.4, -0.2) is 25.7 Å². The highest BCUT2D eigenvalue weighted by Gasteiger charge is 2.57. The standard InChI is InChI=1S/C24H37N3O/c1-16(15-27-25-12-13-26-27)21-6-7-22-20-5-4-17-14-23(2,28)10-8-18(17)19(20)9-11-24(21,22)3/h12-13,17-22,28H,1,4-11,14-15H2,2-3H3/t17-,18+,19-,20-,21-,22+,23+,24-/m1/s1. The molecule has 0 unspecified atom stereocenters. The number of hydrogen-bond donors (Lipinski definition) is 1. The Morgan fingerprint density at radius 3 is 2.54 bits per heavy atom. The van der Waals surface area contributed by atoms with Gasteiger partial charge in [-0.3, -0.25) is 0 Å². The van der Waals surface area contributed by atoms with E-state index in [2.05, 4.69) is 30.6 Å². The quantitative estimate of drug-likeness (QED) is 0.759. The monoisotopic (exact) mass is 383 g/mol. The molecule has 1 aromatic heterocycles. The van der Waals surface area contributed by atoms with Crippen molar-refractivity contribution in [1.82, 2.24) is 15.0 Å². The van der Waals surface area contributed by atoms with Crippen LogP contribution in [0.4, 0.5) is 0 Å². The summed E-state index contributed by atoms with van der Waals surface area (Å²) >= 11 is 0. The second-order valence-electron chi connectivity index (χ2n) is 11.1. The minimum Gasteiger partial charge on any atom is -0.390 e. The molecule has 0 saturated heterocycles. The van der Waals surface area contributed by atoms with Gasteiger partial charge in [0.15, 0.2) is 0 Å². The summed E-state index contributed by atoms with van der Waals surface area (Å²) in [5, 5.41) is 19.2. The summed E-state index contributed by atoms with van der Waals surface area (Å²) in [5.41, 5.74) is 1.34. The predicted molar refractivity (Wildman–Crippen MR) is 110 cm³/mol. The van der Waals surface area contributed by atoms with Gasteiger partial charge in [-0.2, -0.15) is 15.0 Å². The Labute approximate surface area is 169 Å². The second-order valence-corrected chi connectivity index (χ2v) is 11.1. The van der Waals surface area contributed by atoms with E-state index in [1.165, 1.54) is 50.5 Å². The van der Waals surface area contributed by atoms with Crippen LogP contribution in [0.15, 0.2) is 24.5 Å². The van der Waals surface area contributed by atoms with E-state index in [4.69, 9.17) is 0 Å². The summed E-state index contributed by atoms with van der Waals surface area (Å²) in [6, 6.07) is 0. The van der Waals surface area contributed by atoms with Gasteiger partial charge in [0.1, 0.15) is 0 Å². The van der Waals surface area contributed by atoms with E-state index in [0.717, 1.165) is 49.0 Å². The maximum atomic E-state index is 10.6. The van der Waals surface area contributed by atoms with Crippen molar-refractivity contribution in [3.63, 3.8) is 0 Å². The molecule has 1 aromatic rings. The maximum absolute atomic E-state index is 10.6. The molecule has 0 bridgehead atoms. The number of aliphatic hydroxyl groups is 1. The Morgan fingerprint density at radius 2 is 1.75 bits per heavy atom. The fraction of sp³-hybridized carbons (Fsp3) is 0.833. The number of nitrogens with zero attached hydrogens (tertiary/aromatic N) is 3. The van der Waals surface area contributed by atoms with Gasteiger partial charge in [-0.1, -0.05) is 19.1 Å². The number of aromatic nitrogens is 3. The molecule has 4 aliphatic rings. The molecule has 4 heteroatoms. The van der Waals surface area contributed by atoms with Crippen molar-refractivity contribution in [3.8, 4) is 0 Å². The van der Waals surface area contributed by atoms with Crippen LogP contribution in [0.2, 0.25) is 0 Å². The van der Waals surface area contributed by atoms with Gasteiger partial charge < -0.3 is 5.11 Å². The topological polar surface area (TPSA) is 50.9 Å². The molecule has 4 aliphatic carbocycles. The molecular formula is C24H37N3O. The largest absolute Gasteiger partial charge is 0.390 e. The SMILES string of the molecule is C=C(Cn1nccn1)[C@H]1CC[C@H]2[C@@H]3CC[C@@H]4C[C@@](C)(O)CC[C@@H]4[C@H]3CC[C@]12C. The zero-order valence-electron chi connectivity index (χ0n) is 17.7. The average Bonchev–Trinajstić information content (AvgIpc) is 3.27. The third-order valence-corrected chi connectivity index (χ3v) is 9.54. The molecule has 5 rings (SSSR count). The molecule has 8 atom stereocenters. The highest BCUT2D eigenvalue weighted by Crippen LogP contribution is 2.65. The summed E-state index contributed by atoms with van der Waals surface area (Å²) in [7, 11) is 0. The Bertz CT molecular complexity index is 726. The molecular weight excluding hydrogens is 346 g/mol. The van der Waals surface area contributed by atoms with Crippen molar-refractivity contribution < 1.29 is 5.11 Å². The van der Waals surface area contributed by atoms with E-state index in [-0.39, 0.29) is 0 Å². The lowest BCUT2D eigenvalue weighted by Crippen LogP contribution is -2.50. The van der Waals surface area contributed by atoms with Crippen LogP contribution in [0, 0.1) is 40.9 Å². The minimum atomic E-state index is -0.409. The van der Waals surface area contributed by atoms with Crippen molar-refractivity contribution in [1.29, 1.82) is 0 Å². The molecule has 0 aliphatic heterocycles. The molecule has 0 spiro atoms. The Morgan fingerprint density at radius 1 is 1.00 bits per heavy atom. The molecule has 28 heavy (non-hydrogen) atoms. The van der Waals surface area contributed by atoms with E-state index < -0.39 is 5.60 Å². The number of fused-ring (bicyclic) bond motifs is 5. The van der Waals surface area contributed by atoms with Gasteiger partial charge in [0.05, 0.1) is 24.5 Å². The Hall–Kier alpha value is -1.16. The van der Waals surface area contributed by atoms with Crippen LogP contribution in [0.3, 0.4) is 0 Å². The highest BCUT2D eigenvalue weighted by molar-refractivity contribution is 5.15. The van der Waals surface area contributed by atoms with Gasteiger partial charge >= 0.3 is 0 Å². The van der Waals surface area contributed by atoms with Crippen LogP contribution >= 0.6 is 0 Å². The predicted octanol–water partition coefficient (Wildman–Crippen LogP) is 4.85. The Kier molecular flexibility index (Phi) is 4.50. The number of rotatable bonds is 3. The molecule has 4 fully saturated rings. The normalized spacial score (nSPS) is 47.8. The van der Waals surface area contributed by atoms with Gasteiger partial charge in [0.25, 0.3) is 0 Å². The minimum absolute atomic E-state index is 0.409. The van der Waals surface area contributed by atoms with Crippen LogP contribution < -0.4 is 0 Å². The van der Waals surface area contributed by atoms with Crippen LogP contribution in [-0.2, 0) is 6.54 Å². The lowest BCUT2D eigenvalue weighted by molar-refractivity contribution is -0.0979. The van der Waals surface area contributed by atoms with E-state index >= 15 is 0 Å². The zero-order valence-corrected chi connectivity index (χ0v) is 17.7. The van der Waals surface area contributed by atoms with Crippen LogP contribution in [0.25, 0.3) is 0 Å². The zero-order chi connectivity index (χ0) is 19.5. The average molecular weight is 384 g/mol. The van der Waals surface area contributed by atoms with Gasteiger partial charge in [-0.25, -0.2) is 0 Å². The summed E-state index contributed by atoms with van der Waals surface area (Å²) in [6.07, 6.45) is 15.0. The first kappa shape index (κ1) is 18.8. The van der Waals surface area contributed by atoms with E-state index in [0.29, 0.717) is 11.3 Å². The maximum Gasteiger partial charge on any atom is 0.0817 e. The fourth-order valence-corrected chi connectivity index (χ4v) is 8.37. The smallest absolute Gasteiger partial charge is 0.0817 e. The first-order valence-electron chi connectivity index (χ1n) is 11.6. The molecule has 1 N–H and O–H groups in total. The summed E-state index contributed by atoms with van der Waals surface area (Å²) in [5.74, 6) is 4.94. The van der Waals surface area contributed by atoms with Crippen LogP contribution in [0.5, 0.6) is 0 Å². The van der Waals surface area contributed by atoms with Gasteiger partial charge in [-0.15, -0.1) is 0 Å². The van der Waals surface area contributed by atoms with Gasteiger partial charge in [0, 0.05) is 0 Å². The van der Waals surface area contributed by atoms with Crippen molar-refractivity contribution in [2.24, 2.45) is 40.9 Å². The molecule has 1 heterocycles. The van der Waals surface area contributed by atoms with Crippen molar-refractivity contribution in [3.05, 3.63) is 24.5 Å². The molecule has 0 radical (unpaired) electrons. The Balaban J connectivity index is 1.32. The van der Waals surface area contributed by atoms with Crippen LogP contribution in [0.1, 0.15) is 71.6 Å². The van der Waals surface area contributed by atoms with Gasteiger partial charge in [0.2, 0.25) is 0 Å². The molecule has 154 valence electrons. The summed E-state index contributed by atoms with van der Waals surface area (Å²) in [4.78, 5) is 1.80. The summed E-state index contributed by atoms with van der Waals surface area (Å²) < 4.78 is 0. The number of allylic oxidation sites excluding steroid dienone is 1. The third-order valence-electron chi connectivity index (χ3n) is 9.54. The van der Waals surface area contributed by atoms with Crippen molar-refractivity contribution in [2.45, 2.75) is 83.8 Å². The molecule has 4 nitrogen and oxygen atoms in total. The van der Waals surface area contributed by atoms with Crippen molar-refractivity contribution >= 4 is 0 Å². The summed E-state index contributed by atoms with van der Waals surface area (Å²) in [6.45, 7) is 9.92.